The fourth-order valence-corrected chi connectivity index (χ4v) is 8.92. The van der Waals surface area contributed by atoms with Gasteiger partial charge in [0.1, 0.15) is 42.4 Å². The van der Waals surface area contributed by atoms with E-state index in [9.17, 15) is 27.5 Å². The van der Waals surface area contributed by atoms with Crippen molar-refractivity contribution in [2.45, 2.75) is 44.7 Å². The number of likely N-dealkylation sites (N-methyl/N-ethyl adjacent to an activating group) is 1. The van der Waals surface area contributed by atoms with E-state index in [4.69, 9.17) is 30.2 Å². The highest BCUT2D eigenvalue weighted by molar-refractivity contribution is 7.26. The first-order valence-corrected chi connectivity index (χ1v) is 19.5. The maximum absolute atomic E-state index is 15.0. The molecule has 1 aliphatic heterocycles. The summed E-state index contributed by atoms with van der Waals surface area (Å²) in [4.78, 5) is 27.1. The Morgan fingerprint density at radius 2 is 1.78 bits per heavy atom. The minimum absolute atomic E-state index is 0.0533. The van der Waals surface area contributed by atoms with E-state index in [2.05, 4.69) is 31.9 Å². The number of aliphatic carboxylic acids is 1. The number of para-hydroxylation sites is 1. The molecule has 1 atom stereocenters. The molecule has 7 aromatic rings. The Hall–Kier alpha value is -5.23. The van der Waals surface area contributed by atoms with E-state index in [0.29, 0.717) is 60.9 Å². The Labute approximate surface area is 337 Å². The monoisotopic (exact) mass is 840 g/mol. The van der Waals surface area contributed by atoms with Crippen molar-refractivity contribution in [2.24, 2.45) is 0 Å². The van der Waals surface area contributed by atoms with Gasteiger partial charge in [0.25, 0.3) is 6.01 Å². The highest BCUT2D eigenvalue weighted by Crippen LogP contribution is 2.50. The lowest BCUT2D eigenvalue weighted by molar-refractivity contribution is -0.148. The molecule has 0 bridgehead atoms. The van der Waals surface area contributed by atoms with E-state index in [-0.39, 0.29) is 34.5 Å². The molecule has 0 amide bonds. The molecule has 1 aliphatic rings. The molecule has 0 spiro atoms. The molecule has 18 heteroatoms. The van der Waals surface area contributed by atoms with Gasteiger partial charge in [0.05, 0.1) is 20.8 Å². The number of carboxylic acid groups (broad SMARTS) is 1. The topological polar surface area (TPSA) is 128 Å². The molecule has 5 heterocycles. The van der Waals surface area contributed by atoms with Crippen LogP contribution in [-0.2, 0) is 23.4 Å². The molecule has 8 rings (SSSR count). The van der Waals surface area contributed by atoms with Crippen LogP contribution in [0.5, 0.6) is 17.4 Å². The number of fused-ring (bicyclic) bond motifs is 8. The SMILES string of the molecule is CN1CCN(CCOc2ccc3c(c2Cl)c2cc(F)oc2c2sc4ncnc(O[C@@H](C(=O)O)C(C)(C)c5ccccc5OCc5ccnn5CC(F)(F)F)c4c32)CC1. The Morgan fingerprint density at radius 1 is 1.00 bits per heavy atom. The van der Waals surface area contributed by atoms with Gasteiger partial charge in [-0.2, -0.15) is 22.7 Å². The van der Waals surface area contributed by atoms with Crippen LogP contribution in [-0.4, -0.2) is 99.3 Å². The lowest BCUT2D eigenvalue weighted by atomic mass is 9.78. The number of alkyl halides is 3. The molecule has 0 saturated carbocycles. The second-order valence-electron chi connectivity index (χ2n) is 14.7. The summed E-state index contributed by atoms with van der Waals surface area (Å²) < 4.78 is 80.0. The number of ether oxygens (including phenoxy) is 3. The van der Waals surface area contributed by atoms with Crippen LogP contribution < -0.4 is 14.2 Å². The number of nitrogens with zero attached hydrogens (tertiary/aromatic N) is 6. The van der Waals surface area contributed by atoms with E-state index in [1.165, 1.54) is 36.0 Å². The minimum atomic E-state index is -4.49. The number of benzene rings is 3. The van der Waals surface area contributed by atoms with Crippen molar-refractivity contribution in [1.82, 2.24) is 29.5 Å². The Balaban J connectivity index is 1.16. The summed E-state index contributed by atoms with van der Waals surface area (Å²) in [5, 5.41) is 17.1. The first kappa shape index (κ1) is 39.6. The second kappa shape index (κ2) is 15.5. The third-order valence-electron chi connectivity index (χ3n) is 10.5. The summed E-state index contributed by atoms with van der Waals surface area (Å²) in [5.41, 5.74) is -0.513. The molecular formula is C40H37ClF4N6O6S. The van der Waals surface area contributed by atoms with E-state index >= 15 is 0 Å². The largest absolute Gasteiger partial charge is 0.491 e. The van der Waals surface area contributed by atoms with Crippen molar-refractivity contribution in [1.29, 1.82) is 0 Å². The highest BCUT2D eigenvalue weighted by Gasteiger charge is 2.42. The number of piperazine rings is 1. The van der Waals surface area contributed by atoms with Gasteiger partial charge in [0, 0.05) is 72.1 Å². The number of carboxylic acids is 1. The van der Waals surface area contributed by atoms with Crippen molar-refractivity contribution >= 4 is 71.0 Å². The summed E-state index contributed by atoms with van der Waals surface area (Å²) in [6.45, 7) is 6.63. The number of carbonyl (C=O) groups is 1. The molecule has 3 aromatic carbocycles. The fourth-order valence-electron chi connectivity index (χ4n) is 7.46. The maximum Gasteiger partial charge on any atom is 0.408 e. The molecule has 0 unspecified atom stereocenters. The smallest absolute Gasteiger partial charge is 0.408 e. The predicted molar refractivity (Wildman–Crippen MR) is 211 cm³/mol. The number of halogens is 5. The van der Waals surface area contributed by atoms with Crippen molar-refractivity contribution in [3.05, 3.63) is 83.3 Å². The van der Waals surface area contributed by atoms with Crippen LogP contribution in [0.1, 0.15) is 25.1 Å². The number of hydrogen-bond donors (Lipinski definition) is 1. The van der Waals surface area contributed by atoms with E-state index < -0.39 is 36.2 Å². The van der Waals surface area contributed by atoms with Crippen LogP contribution in [0.2, 0.25) is 5.02 Å². The van der Waals surface area contributed by atoms with Gasteiger partial charge < -0.3 is 28.6 Å². The molecule has 58 heavy (non-hydrogen) atoms. The van der Waals surface area contributed by atoms with Crippen LogP contribution in [0.15, 0.2) is 65.5 Å². The molecule has 0 radical (unpaired) electrons. The summed E-state index contributed by atoms with van der Waals surface area (Å²) >= 11 is 8.28. The van der Waals surface area contributed by atoms with Crippen LogP contribution in [0.4, 0.5) is 17.6 Å². The van der Waals surface area contributed by atoms with Gasteiger partial charge in [0.15, 0.2) is 5.58 Å². The fraction of sp³-hybridized carbons (Fsp3) is 0.350. The summed E-state index contributed by atoms with van der Waals surface area (Å²) in [6.07, 6.45) is -3.57. The number of rotatable bonds is 13. The summed E-state index contributed by atoms with van der Waals surface area (Å²) in [7, 11) is 2.09. The first-order valence-electron chi connectivity index (χ1n) is 18.3. The van der Waals surface area contributed by atoms with Gasteiger partial charge in [-0.3, -0.25) is 9.58 Å². The van der Waals surface area contributed by atoms with E-state index in [1.807, 2.05) is 6.07 Å². The molecule has 12 nitrogen and oxygen atoms in total. The molecule has 304 valence electrons. The van der Waals surface area contributed by atoms with Gasteiger partial charge in [-0.05, 0) is 36.7 Å². The molecule has 0 aliphatic carbocycles. The molecular weight excluding hydrogens is 804 g/mol. The third-order valence-corrected chi connectivity index (χ3v) is 11.9. The molecule has 4 aromatic heterocycles. The Bertz CT molecular complexity index is 2660. The highest BCUT2D eigenvalue weighted by atomic mass is 35.5. The van der Waals surface area contributed by atoms with Gasteiger partial charge in [-0.1, -0.05) is 43.6 Å². The zero-order valence-electron chi connectivity index (χ0n) is 31.5. The minimum Gasteiger partial charge on any atom is -0.491 e. The standard InChI is InChI=1S/C40H37ClF4N6O6S/c1-39(2,25-6-4-5-7-26(25)55-19-22-10-11-48-51(22)20-40(43,44)45)35(38(52)53)57-36-31-30-23-8-9-27(54-17-16-50-14-12-49(3)13-15-50)32(41)29(23)24-18-28(42)56-33(24)34(30)58-37(31)47-21-46-36/h4-11,18,21,35H,12-17,19-20H2,1-3H3,(H,52,53)/t35-/m0/s1. The third kappa shape index (κ3) is 7.58. The normalized spacial score (nSPS) is 15.2. The lowest BCUT2D eigenvalue weighted by Crippen LogP contribution is -2.45. The van der Waals surface area contributed by atoms with Crippen molar-refractivity contribution in [2.75, 3.05) is 46.4 Å². The Kier molecular flexibility index (Phi) is 10.6. The van der Waals surface area contributed by atoms with Crippen LogP contribution >= 0.6 is 22.9 Å². The molecule has 1 saturated heterocycles. The number of furan rings is 1. The zero-order valence-corrected chi connectivity index (χ0v) is 33.0. The van der Waals surface area contributed by atoms with Crippen molar-refractivity contribution in [3.63, 3.8) is 0 Å². The molecule has 1 N–H and O–H groups in total. The van der Waals surface area contributed by atoms with Crippen molar-refractivity contribution < 1.29 is 46.1 Å². The summed E-state index contributed by atoms with van der Waals surface area (Å²) in [5.74, 6) is -0.727. The van der Waals surface area contributed by atoms with Gasteiger partial charge in [-0.25, -0.2) is 14.8 Å². The second-order valence-corrected chi connectivity index (χ2v) is 16.1. The maximum atomic E-state index is 15.0. The average molecular weight is 841 g/mol. The summed E-state index contributed by atoms with van der Waals surface area (Å²) in [6, 6.07) is 12.1. The van der Waals surface area contributed by atoms with Crippen molar-refractivity contribution in [3.8, 4) is 17.4 Å². The Morgan fingerprint density at radius 3 is 2.53 bits per heavy atom. The quantitative estimate of drug-likeness (QED) is 0.113. The van der Waals surface area contributed by atoms with Gasteiger partial charge >= 0.3 is 12.1 Å². The number of aromatic nitrogens is 4. The molecule has 1 fully saturated rings. The first-order chi connectivity index (χ1) is 27.7. The predicted octanol–water partition coefficient (Wildman–Crippen LogP) is 8.31. The van der Waals surface area contributed by atoms with Gasteiger partial charge in [0.2, 0.25) is 12.0 Å². The average Bonchev–Trinajstić information content (AvgIpc) is 3.90. The van der Waals surface area contributed by atoms with Crippen LogP contribution in [0.3, 0.4) is 0 Å². The number of hydrogen-bond acceptors (Lipinski definition) is 11. The van der Waals surface area contributed by atoms with Crippen LogP contribution in [0, 0.1) is 6.01 Å². The number of thiophene rings is 1. The zero-order chi connectivity index (χ0) is 40.9. The van der Waals surface area contributed by atoms with E-state index in [0.717, 1.165) is 30.9 Å². The van der Waals surface area contributed by atoms with E-state index in [1.54, 1.807) is 44.2 Å². The lowest BCUT2D eigenvalue weighted by Gasteiger charge is -2.33. The van der Waals surface area contributed by atoms with Crippen LogP contribution in [0.25, 0.3) is 42.0 Å². The van der Waals surface area contributed by atoms with Gasteiger partial charge in [-0.15, -0.1) is 11.3 Å².